The summed E-state index contributed by atoms with van der Waals surface area (Å²) < 4.78 is 6.28. The lowest BCUT2D eigenvalue weighted by atomic mass is 9.81. The summed E-state index contributed by atoms with van der Waals surface area (Å²) in [6.45, 7) is 2.42. The van der Waals surface area contributed by atoms with E-state index in [0.29, 0.717) is 45.9 Å². The lowest BCUT2D eigenvalue weighted by molar-refractivity contribution is -0.362. The van der Waals surface area contributed by atoms with E-state index in [1.54, 1.807) is 24.3 Å². The van der Waals surface area contributed by atoms with Crippen molar-refractivity contribution in [2.75, 3.05) is 25.5 Å². The molecule has 0 saturated heterocycles. The van der Waals surface area contributed by atoms with Gasteiger partial charge in [-0.25, -0.2) is 4.99 Å². The Labute approximate surface area is 216 Å². The van der Waals surface area contributed by atoms with Crippen LogP contribution in [0.1, 0.15) is 43.8 Å². The first kappa shape index (κ1) is 23.1. The van der Waals surface area contributed by atoms with Crippen LogP contribution in [0, 0.1) is 0 Å². The zero-order valence-corrected chi connectivity index (χ0v) is 20.7. The number of anilines is 1. The fourth-order valence-corrected chi connectivity index (χ4v) is 5.19. The summed E-state index contributed by atoms with van der Waals surface area (Å²) in [5.41, 5.74) is 4.96. The summed E-state index contributed by atoms with van der Waals surface area (Å²) in [5, 5.41) is 3.45. The average molecular weight is 491 g/mol. The Kier molecular flexibility index (Phi) is 6.02. The topological polar surface area (TPSA) is 72.6 Å². The Balaban J connectivity index is 1.29. The molecule has 37 heavy (non-hydrogen) atoms. The van der Waals surface area contributed by atoms with E-state index >= 15 is 0 Å². The maximum atomic E-state index is 13.7. The number of benzene rings is 3. The van der Waals surface area contributed by atoms with Gasteiger partial charge in [-0.1, -0.05) is 66.7 Å². The van der Waals surface area contributed by atoms with Crippen LogP contribution in [0.15, 0.2) is 85.0 Å². The number of allylic oxidation sites excluding steroid dienone is 2. The van der Waals surface area contributed by atoms with Gasteiger partial charge in [0.15, 0.2) is 11.5 Å². The molecular weight excluding hydrogens is 462 g/mol. The molecule has 6 rings (SSSR count). The molecule has 6 nitrogen and oxygen atoms in total. The van der Waals surface area contributed by atoms with E-state index in [1.165, 1.54) is 5.56 Å². The van der Waals surface area contributed by atoms with Crippen molar-refractivity contribution >= 4 is 28.7 Å². The van der Waals surface area contributed by atoms with E-state index in [-0.39, 0.29) is 17.7 Å². The molecule has 3 aromatic rings. The minimum atomic E-state index is -0.253. The van der Waals surface area contributed by atoms with Crippen LogP contribution < -0.4 is 15.0 Å². The van der Waals surface area contributed by atoms with Gasteiger partial charge in [0.2, 0.25) is 17.6 Å². The largest absolute Gasteiger partial charge is 0.468 e. The second kappa shape index (κ2) is 9.64. The molecule has 0 saturated carbocycles. The third-order valence-electron chi connectivity index (χ3n) is 6.99. The normalized spacial score (nSPS) is 16.9. The minimum Gasteiger partial charge on any atom is -0.468 e. The van der Waals surface area contributed by atoms with Crippen molar-refractivity contribution < 1.29 is 19.3 Å². The highest BCUT2D eigenvalue weighted by Gasteiger charge is 2.40. The Hall–Kier alpha value is -4.29. The number of hydrogen-bond acceptors (Lipinski definition) is 5. The first-order valence-electron chi connectivity index (χ1n) is 12.6. The summed E-state index contributed by atoms with van der Waals surface area (Å²) >= 11 is 0. The number of rotatable bonds is 7. The van der Waals surface area contributed by atoms with Crippen molar-refractivity contribution in [1.82, 2.24) is 4.90 Å². The first-order valence-corrected chi connectivity index (χ1v) is 12.6. The maximum Gasteiger partial charge on any atom is 0.258 e. The summed E-state index contributed by atoms with van der Waals surface area (Å²) in [4.78, 5) is 33.1. The molecule has 3 aliphatic rings. The van der Waals surface area contributed by atoms with Crippen LogP contribution in [0.5, 0.6) is 5.75 Å². The number of carbonyl (C=O) groups is 2. The summed E-state index contributed by atoms with van der Waals surface area (Å²) in [5.74, 6) is 0.250. The Morgan fingerprint density at radius 1 is 0.946 bits per heavy atom. The van der Waals surface area contributed by atoms with Gasteiger partial charge < -0.3 is 15.0 Å². The standard InChI is InChI=1S/C31H27N3O3/c1-34(19-20-10-3-2-4-11-20)17-9-16-32-24-18-26-29(33-23-14-7-8-15-25(23)37-26)28-27(24)30(35)21-12-5-6-13-22(21)31(28)36/h2-8,10-15,18,25,32H,9,16-17,19H2,1H3/p+1. The molecule has 1 aliphatic heterocycles. The Bertz CT molecular complexity index is 1490. The van der Waals surface area contributed by atoms with Crippen LogP contribution in [0.3, 0.4) is 0 Å². The van der Waals surface area contributed by atoms with Gasteiger partial charge in [-0.15, -0.1) is 0 Å². The molecular formula is C31H28N3O3+. The van der Waals surface area contributed by atoms with E-state index in [4.69, 9.17) is 4.74 Å². The van der Waals surface area contributed by atoms with Crippen LogP contribution in [-0.2, 0) is 6.54 Å². The highest BCUT2D eigenvalue weighted by atomic mass is 16.5. The van der Waals surface area contributed by atoms with Crippen LogP contribution in [0.25, 0.3) is 0 Å². The molecule has 0 amide bonds. The van der Waals surface area contributed by atoms with Gasteiger partial charge in [0.1, 0.15) is 5.56 Å². The molecule has 1 heterocycles. The summed E-state index contributed by atoms with van der Waals surface area (Å²) in [7, 11) is 2.10. The van der Waals surface area contributed by atoms with E-state index < -0.39 is 0 Å². The Morgan fingerprint density at radius 3 is 2.46 bits per heavy atom. The number of nitrogens with zero attached hydrogens (tertiary/aromatic N) is 1. The first-order chi connectivity index (χ1) is 18.1. The third-order valence-corrected chi connectivity index (χ3v) is 6.99. The molecule has 0 radical (unpaired) electrons. The third kappa shape index (κ3) is 4.30. The van der Waals surface area contributed by atoms with Crippen LogP contribution in [-0.4, -0.2) is 48.4 Å². The summed E-state index contributed by atoms with van der Waals surface area (Å²) in [6.07, 6.45) is 8.38. The van der Waals surface area contributed by atoms with Crippen LogP contribution >= 0.6 is 0 Å². The molecule has 0 bridgehead atoms. The average Bonchev–Trinajstić information content (AvgIpc) is 2.93. The molecule has 6 heteroatoms. The number of hydrogen-bond donors (Lipinski definition) is 2. The van der Waals surface area contributed by atoms with Crippen molar-refractivity contribution in [3.05, 3.63) is 113 Å². The molecule has 2 N–H and O–H groups in total. The van der Waals surface area contributed by atoms with E-state index in [9.17, 15) is 9.59 Å². The number of fused-ring (bicyclic) bond motifs is 5. The van der Waals surface area contributed by atoms with Gasteiger partial charge in [0.05, 0.1) is 11.3 Å². The molecule has 1 unspecified atom stereocenters. The van der Waals surface area contributed by atoms with Gasteiger partial charge in [0.25, 0.3) is 5.69 Å². The number of nitrogens with one attached hydrogen (secondary N) is 2. The van der Waals surface area contributed by atoms with Crippen LogP contribution in [0.4, 0.5) is 11.4 Å². The quantitative estimate of drug-likeness (QED) is 0.389. The van der Waals surface area contributed by atoms with Gasteiger partial charge in [-0.3, -0.25) is 9.59 Å². The monoisotopic (exact) mass is 490 g/mol. The van der Waals surface area contributed by atoms with E-state index in [1.807, 2.05) is 36.4 Å². The fraction of sp³-hybridized carbons (Fsp3) is 0.194. The molecule has 0 fully saturated rings. The number of carbonyl (C=O) groups excluding carboxylic acids is 2. The number of ether oxygens (including phenoxy) is 1. The SMILES string of the molecule is CN(CCCNc1cc2c(c3c1C(=O)c1ccccc1C3=O)[NH+]=C1C=CC=CC1O2)Cc1ccccc1. The lowest BCUT2D eigenvalue weighted by Crippen LogP contribution is -2.72. The highest BCUT2D eigenvalue weighted by Crippen LogP contribution is 2.41. The summed E-state index contributed by atoms with van der Waals surface area (Å²) in [6, 6.07) is 19.3. The molecule has 3 aromatic carbocycles. The van der Waals surface area contributed by atoms with Gasteiger partial charge in [-0.05, 0) is 31.7 Å². The molecule has 2 aliphatic carbocycles. The lowest BCUT2D eigenvalue weighted by Gasteiger charge is -2.26. The minimum absolute atomic E-state index is 0.148. The second-order valence-electron chi connectivity index (χ2n) is 9.62. The zero-order chi connectivity index (χ0) is 25.4. The smallest absolute Gasteiger partial charge is 0.258 e. The molecule has 1 atom stereocenters. The fourth-order valence-electron chi connectivity index (χ4n) is 5.19. The molecule has 184 valence electrons. The zero-order valence-electron chi connectivity index (χ0n) is 20.7. The van der Waals surface area contributed by atoms with Gasteiger partial charge in [-0.2, -0.15) is 0 Å². The van der Waals surface area contributed by atoms with Crippen molar-refractivity contribution in [2.24, 2.45) is 0 Å². The van der Waals surface area contributed by atoms with Crippen molar-refractivity contribution in [2.45, 2.75) is 19.1 Å². The van der Waals surface area contributed by atoms with Gasteiger partial charge in [0, 0.05) is 36.4 Å². The van der Waals surface area contributed by atoms with E-state index in [0.717, 1.165) is 25.2 Å². The maximum absolute atomic E-state index is 13.7. The van der Waals surface area contributed by atoms with Crippen molar-refractivity contribution in [3.63, 3.8) is 0 Å². The number of ketones is 2. The second-order valence-corrected chi connectivity index (χ2v) is 9.62. The predicted octanol–water partition coefficient (Wildman–Crippen LogP) is 3.44. The molecule has 0 aromatic heterocycles. The molecule has 0 spiro atoms. The Morgan fingerprint density at radius 2 is 1.68 bits per heavy atom. The van der Waals surface area contributed by atoms with Crippen LogP contribution in [0.2, 0.25) is 0 Å². The van der Waals surface area contributed by atoms with E-state index in [2.05, 4.69) is 46.5 Å². The van der Waals surface area contributed by atoms with Crippen molar-refractivity contribution in [1.29, 1.82) is 0 Å². The highest BCUT2D eigenvalue weighted by molar-refractivity contribution is 6.32. The predicted molar refractivity (Wildman–Crippen MR) is 144 cm³/mol. The van der Waals surface area contributed by atoms with Crippen molar-refractivity contribution in [3.8, 4) is 5.75 Å². The van der Waals surface area contributed by atoms with Gasteiger partial charge >= 0.3 is 0 Å².